The maximum absolute atomic E-state index is 5.07. The van der Waals surface area contributed by atoms with Crippen LogP contribution in [0, 0.1) is 0 Å². The van der Waals surface area contributed by atoms with Crippen LogP contribution in [0.4, 0.5) is 5.69 Å². The van der Waals surface area contributed by atoms with Gasteiger partial charge in [-0.2, -0.15) is 0 Å². The van der Waals surface area contributed by atoms with Crippen LogP contribution in [0.5, 0.6) is 0 Å². The van der Waals surface area contributed by atoms with Crippen molar-refractivity contribution in [2.45, 2.75) is 24.9 Å². The molecule has 0 aromatic heterocycles. The fourth-order valence-electron chi connectivity index (χ4n) is 3.95. The Morgan fingerprint density at radius 3 is 2.43 bits per heavy atom. The Hall–Kier alpha value is -3.07. The molecule has 0 amide bonds. The SMILES string of the molecule is CN(C(=Nc1ccccc1)N(C)C1CC=Cc2ccccc21)C1C=CC=CC1. The Morgan fingerprint density at radius 1 is 0.857 bits per heavy atom. The first-order valence-electron chi connectivity index (χ1n) is 9.92. The summed E-state index contributed by atoms with van der Waals surface area (Å²) >= 11 is 0. The van der Waals surface area contributed by atoms with Gasteiger partial charge in [0.25, 0.3) is 0 Å². The summed E-state index contributed by atoms with van der Waals surface area (Å²) in [5.74, 6) is 0.992. The number of nitrogens with zero attached hydrogens (tertiary/aromatic N) is 3. The van der Waals surface area contributed by atoms with Gasteiger partial charge >= 0.3 is 0 Å². The molecule has 4 rings (SSSR count). The predicted octanol–water partition coefficient (Wildman–Crippen LogP) is 5.58. The maximum atomic E-state index is 5.07. The van der Waals surface area contributed by atoms with E-state index in [0.29, 0.717) is 6.04 Å². The smallest absolute Gasteiger partial charge is 0.202 e. The molecule has 0 aliphatic heterocycles. The third-order valence-electron chi connectivity index (χ3n) is 5.55. The number of para-hydroxylation sites is 1. The number of fused-ring (bicyclic) bond motifs is 1. The van der Waals surface area contributed by atoms with Crippen LogP contribution in [0.2, 0.25) is 0 Å². The zero-order valence-electron chi connectivity index (χ0n) is 16.6. The lowest BCUT2D eigenvalue weighted by atomic mass is 9.92. The Kier molecular flexibility index (Phi) is 5.43. The van der Waals surface area contributed by atoms with Crippen molar-refractivity contribution in [2.75, 3.05) is 14.1 Å². The molecular formula is C25H27N3. The van der Waals surface area contributed by atoms with Crippen LogP contribution in [0.15, 0.2) is 90.0 Å². The maximum Gasteiger partial charge on any atom is 0.202 e. The zero-order chi connectivity index (χ0) is 19.3. The number of aliphatic imine (C=N–C) groups is 1. The molecule has 2 atom stereocenters. The molecule has 0 heterocycles. The van der Waals surface area contributed by atoms with Crippen LogP contribution in [0.25, 0.3) is 6.08 Å². The van der Waals surface area contributed by atoms with Crippen molar-refractivity contribution in [3.63, 3.8) is 0 Å². The van der Waals surface area contributed by atoms with Crippen molar-refractivity contribution >= 4 is 17.7 Å². The molecule has 142 valence electrons. The standard InChI is InChI=1S/C25H27N3/c1-27(22-16-7-4-8-17-22)25(26-21-14-5-3-6-15-21)28(2)24-19-11-13-20-12-9-10-18-23(20)24/h3-16,18,22,24H,17,19H2,1-2H3. The Balaban J connectivity index is 1.71. The second-order valence-corrected chi connectivity index (χ2v) is 7.37. The molecule has 2 unspecified atom stereocenters. The third kappa shape index (κ3) is 3.79. The normalized spacial score (nSPS) is 20.7. The summed E-state index contributed by atoms with van der Waals surface area (Å²) in [5, 5.41) is 0. The fraction of sp³-hybridized carbons (Fsp3) is 0.240. The molecule has 0 N–H and O–H groups in total. The van der Waals surface area contributed by atoms with Crippen LogP contribution in [-0.4, -0.2) is 35.9 Å². The fourth-order valence-corrected chi connectivity index (χ4v) is 3.95. The summed E-state index contributed by atoms with van der Waals surface area (Å²) in [6.07, 6.45) is 15.2. The Morgan fingerprint density at radius 2 is 1.64 bits per heavy atom. The van der Waals surface area contributed by atoms with Gasteiger partial charge in [-0.3, -0.25) is 0 Å². The number of hydrogen-bond acceptors (Lipinski definition) is 1. The monoisotopic (exact) mass is 369 g/mol. The molecule has 2 aliphatic rings. The van der Waals surface area contributed by atoms with Gasteiger partial charge in [-0.05, 0) is 36.1 Å². The summed E-state index contributed by atoms with van der Waals surface area (Å²) in [7, 11) is 4.32. The van der Waals surface area contributed by atoms with E-state index in [1.807, 2.05) is 18.2 Å². The Labute approximate surface area is 168 Å². The first-order chi connectivity index (χ1) is 13.7. The third-order valence-corrected chi connectivity index (χ3v) is 5.55. The molecule has 0 saturated carbocycles. The lowest BCUT2D eigenvalue weighted by Gasteiger charge is -2.39. The first-order valence-corrected chi connectivity index (χ1v) is 9.92. The molecule has 0 fully saturated rings. The van der Waals surface area contributed by atoms with Gasteiger partial charge in [0.2, 0.25) is 5.96 Å². The van der Waals surface area contributed by atoms with Crippen molar-refractivity contribution < 1.29 is 0 Å². The van der Waals surface area contributed by atoms with Crippen LogP contribution in [-0.2, 0) is 0 Å². The lowest BCUT2D eigenvalue weighted by molar-refractivity contribution is 0.297. The predicted molar refractivity (Wildman–Crippen MR) is 119 cm³/mol. The van der Waals surface area contributed by atoms with E-state index >= 15 is 0 Å². The van der Waals surface area contributed by atoms with Crippen LogP contribution in [0.1, 0.15) is 30.0 Å². The number of allylic oxidation sites excluding steroid dienone is 2. The van der Waals surface area contributed by atoms with Gasteiger partial charge in [0.1, 0.15) is 0 Å². The van der Waals surface area contributed by atoms with Gasteiger partial charge in [0, 0.05) is 14.1 Å². The summed E-state index contributed by atoms with van der Waals surface area (Å²) in [6.45, 7) is 0. The van der Waals surface area contributed by atoms with Crippen LogP contribution < -0.4 is 0 Å². The summed E-state index contributed by atoms with van der Waals surface area (Å²) in [4.78, 5) is 9.70. The van der Waals surface area contributed by atoms with Gasteiger partial charge in [-0.1, -0.05) is 78.9 Å². The van der Waals surface area contributed by atoms with Gasteiger partial charge in [0.15, 0.2) is 0 Å². The second kappa shape index (κ2) is 8.30. The number of rotatable bonds is 3. The van der Waals surface area contributed by atoms with E-state index in [2.05, 4.69) is 96.7 Å². The first kappa shape index (κ1) is 18.3. The van der Waals surface area contributed by atoms with Gasteiger partial charge < -0.3 is 9.80 Å². The largest absolute Gasteiger partial charge is 0.339 e. The number of guanidine groups is 1. The van der Waals surface area contributed by atoms with Crippen molar-refractivity contribution in [2.24, 2.45) is 4.99 Å². The summed E-state index contributed by atoms with van der Waals surface area (Å²) < 4.78 is 0. The van der Waals surface area contributed by atoms with Crippen molar-refractivity contribution in [3.05, 3.63) is 96.1 Å². The highest BCUT2D eigenvalue weighted by Gasteiger charge is 2.27. The molecule has 2 aromatic rings. The average molecular weight is 370 g/mol. The highest BCUT2D eigenvalue weighted by Crippen LogP contribution is 2.33. The number of benzene rings is 2. The summed E-state index contributed by atoms with van der Waals surface area (Å²) in [6, 6.07) is 19.5. The topological polar surface area (TPSA) is 18.8 Å². The van der Waals surface area contributed by atoms with Crippen LogP contribution >= 0.6 is 0 Å². The van der Waals surface area contributed by atoms with E-state index in [-0.39, 0.29) is 6.04 Å². The average Bonchev–Trinajstić information content (AvgIpc) is 2.77. The van der Waals surface area contributed by atoms with Crippen LogP contribution in [0.3, 0.4) is 0 Å². The highest BCUT2D eigenvalue weighted by molar-refractivity contribution is 5.84. The highest BCUT2D eigenvalue weighted by atomic mass is 15.4. The van der Waals surface area contributed by atoms with E-state index in [1.165, 1.54) is 11.1 Å². The molecule has 28 heavy (non-hydrogen) atoms. The Bertz CT molecular complexity index is 924. The molecule has 2 aliphatic carbocycles. The van der Waals surface area contributed by atoms with E-state index < -0.39 is 0 Å². The minimum Gasteiger partial charge on any atom is -0.339 e. The van der Waals surface area contributed by atoms with E-state index in [1.54, 1.807) is 0 Å². The van der Waals surface area contributed by atoms with E-state index in [9.17, 15) is 0 Å². The zero-order valence-corrected chi connectivity index (χ0v) is 16.6. The van der Waals surface area contributed by atoms with Gasteiger partial charge in [-0.25, -0.2) is 4.99 Å². The minimum atomic E-state index is 0.272. The summed E-state index contributed by atoms with van der Waals surface area (Å²) in [5.41, 5.74) is 3.64. The van der Waals surface area contributed by atoms with E-state index in [0.717, 1.165) is 24.5 Å². The molecule has 0 bridgehead atoms. The number of likely N-dealkylation sites (N-methyl/N-ethyl adjacent to an activating group) is 1. The molecule has 2 aromatic carbocycles. The molecule has 3 heteroatoms. The van der Waals surface area contributed by atoms with Crippen molar-refractivity contribution in [1.29, 1.82) is 0 Å². The van der Waals surface area contributed by atoms with E-state index in [4.69, 9.17) is 4.99 Å². The lowest BCUT2D eigenvalue weighted by Crippen LogP contribution is -2.46. The quantitative estimate of drug-likeness (QED) is 0.519. The van der Waals surface area contributed by atoms with Crippen molar-refractivity contribution in [1.82, 2.24) is 9.80 Å². The van der Waals surface area contributed by atoms with Gasteiger partial charge in [0.05, 0.1) is 17.8 Å². The second-order valence-electron chi connectivity index (χ2n) is 7.37. The molecule has 0 saturated heterocycles. The molecule has 0 radical (unpaired) electrons. The minimum absolute atomic E-state index is 0.272. The molecule has 0 spiro atoms. The van der Waals surface area contributed by atoms with Gasteiger partial charge in [-0.15, -0.1) is 0 Å². The molecule has 3 nitrogen and oxygen atoms in total. The molecular weight excluding hydrogens is 342 g/mol. The van der Waals surface area contributed by atoms with Crippen molar-refractivity contribution in [3.8, 4) is 0 Å². The number of hydrogen-bond donors (Lipinski definition) is 0.